The Morgan fingerprint density at radius 1 is 1.47 bits per heavy atom. The first-order valence-corrected chi connectivity index (χ1v) is 5.51. The van der Waals surface area contributed by atoms with Crippen LogP contribution in [0.1, 0.15) is 25.3 Å². The Balaban J connectivity index is 2.92. The molecule has 0 aliphatic rings. The molecule has 1 N–H and O–H groups in total. The topological polar surface area (TPSA) is 80.4 Å². The molecule has 1 rings (SSSR count). The van der Waals surface area contributed by atoms with Crippen molar-refractivity contribution in [1.82, 2.24) is 0 Å². The molecule has 92 valence electrons. The van der Waals surface area contributed by atoms with Crippen molar-refractivity contribution in [3.63, 3.8) is 0 Å². The summed E-state index contributed by atoms with van der Waals surface area (Å²) in [6.45, 7) is 1.90. The van der Waals surface area contributed by atoms with Crippen LogP contribution in [0.15, 0.2) is 24.3 Å². The Morgan fingerprint density at radius 3 is 2.65 bits per heavy atom. The SMILES string of the molecule is CCCC(Cc1ccccc1[N+](=O)[O-])C(=O)O. The van der Waals surface area contributed by atoms with Crippen LogP contribution >= 0.6 is 0 Å². The summed E-state index contributed by atoms with van der Waals surface area (Å²) in [5, 5.41) is 19.8. The Bertz CT molecular complexity index is 417. The number of hydrogen-bond acceptors (Lipinski definition) is 3. The standard InChI is InChI=1S/C12H15NO4/c1-2-5-10(12(14)15)8-9-6-3-4-7-11(9)13(16)17/h3-4,6-7,10H,2,5,8H2,1H3,(H,14,15). The highest BCUT2D eigenvalue weighted by molar-refractivity contribution is 5.70. The Hall–Kier alpha value is -1.91. The second-order valence-corrected chi connectivity index (χ2v) is 3.91. The Morgan fingerprint density at radius 2 is 2.12 bits per heavy atom. The van der Waals surface area contributed by atoms with Crippen LogP contribution in [0.2, 0.25) is 0 Å². The van der Waals surface area contributed by atoms with Crippen molar-refractivity contribution in [1.29, 1.82) is 0 Å². The second kappa shape index (κ2) is 5.98. The minimum absolute atomic E-state index is 0.00477. The molecule has 0 fully saturated rings. The summed E-state index contributed by atoms with van der Waals surface area (Å²) in [6.07, 6.45) is 1.49. The number of carboxylic acid groups (broad SMARTS) is 1. The second-order valence-electron chi connectivity index (χ2n) is 3.91. The molecular weight excluding hydrogens is 222 g/mol. The first-order chi connectivity index (χ1) is 8.06. The average Bonchev–Trinajstić information content (AvgIpc) is 2.28. The number of hydrogen-bond donors (Lipinski definition) is 1. The predicted octanol–water partition coefficient (Wildman–Crippen LogP) is 2.64. The molecule has 0 radical (unpaired) electrons. The first-order valence-electron chi connectivity index (χ1n) is 5.51. The van der Waals surface area contributed by atoms with Crippen LogP contribution in [0, 0.1) is 16.0 Å². The zero-order chi connectivity index (χ0) is 12.8. The molecule has 5 nitrogen and oxygen atoms in total. The third kappa shape index (κ3) is 3.55. The maximum absolute atomic E-state index is 11.0. The molecule has 0 aliphatic carbocycles. The molecule has 0 saturated heterocycles. The normalized spacial score (nSPS) is 12.1. The Labute approximate surface area is 99.2 Å². The van der Waals surface area contributed by atoms with Crippen molar-refractivity contribution in [3.05, 3.63) is 39.9 Å². The molecule has 1 unspecified atom stereocenters. The number of aliphatic carboxylic acids is 1. The van der Waals surface area contributed by atoms with Gasteiger partial charge in [-0.2, -0.15) is 0 Å². The molecule has 0 heterocycles. The molecule has 0 aliphatic heterocycles. The zero-order valence-electron chi connectivity index (χ0n) is 9.63. The maximum atomic E-state index is 11.0. The van der Waals surface area contributed by atoms with Crippen molar-refractivity contribution >= 4 is 11.7 Å². The van der Waals surface area contributed by atoms with Gasteiger partial charge in [-0.3, -0.25) is 14.9 Å². The van der Waals surface area contributed by atoms with E-state index in [4.69, 9.17) is 5.11 Å². The van der Waals surface area contributed by atoms with E-state index in [0.29, 0.717) is 12.0 Å². The van der Waals surface area contributed by atoms with Gasteiger partial charge in [0, 0.05) is 11.6 Å². The number of carboxylic acids is 1. The van der Waals surface area contributed by atoms with E-state index < -0.39 is 16.8 Å². The molecule has 0 amide bonds. The van der Waals surface area contributed by atoms with E-state index in [-0.39, 0.29) is 12.1 Å². The van der Waals surface area contributed by atoms with Crippen LogP contribution in [-0.2, 0) is 11.2 Å². The van der Waals surface area contributed by atoms with Gasteiger partial charge < -0.3 is 5.11 Å². The number of carbonyl (C=O) groups is 1. The van der Waals surface area contributed by atoms with Gasteiger partial charge in [0.2, 0.25) is 0 Å². The van der Waals surface area contributed by atoms with E-state index in [1.54, 1.807) is 18.2 Å². The Kier molecular flexibility index (Phi) is 4.63. The molecule has 1 atom stereocenters. The number of benzene rings is 1. The minimum atomic E-state index is -0.898. The van der Waals surface area contributed by atoms with E-state index in [1.807, 2.05) is 6.92 Å². The fourth-order valence-corrected chi connectivity index (χ4v) is 1.79. The largest absolute Gasteiger partial charge is 0.481 e. The summed E-state index contributed by atoms with van der Waals surface area (Å²) in [6, 6.07) is 6.29. The quantitative estimate of drug-likeness (QED) is 0.609. The number of para-hydroxylation sites is 1. The van der Waals surface area contributed by atoms with Gasteiger partial charge in [0.15, 0.2) is 0 Å². The predicted molar refractivity (Wildman–Crippen MR) is 62.8 cm³/mol. The first kappa shape index (κ1) is 13.2. The highest BCUT2D eigenvalue weighted by Gasteiger charge is 2.21. The van der Waals surface area contributed by atoms with Crippen molar-refractivity contribution < 1.29 is 14.8 Å². The molecular formula is C12H15NO4. The lowest BCUT2D eigenvalue weighted by molar-refractivity contribution is -0.385. The van der Waals surface area contributed by atoms with E-state index in [1.165, 1.54) is 6.07 Å². The van der Waals surface area contributed by atoms with Crippen LogP contribution in [0.3, 0.4) is 0 Å². The molecule has 0 spiro atoms. The number of rotatable bonds is 6. The van der Waals surface area contributed by atoms with Gasteiger partial charge in [-0.1, -0.05) is 31.5 Å². The number of nitro benzene ring substituents is 1. The molecule has 17 heavy (non-hydrogen) atoms. The van der Waals surface area contributed by atoms with Gasteiger partial charge in [0.05, 0.1) is 10.8 Å². The highest BCUT2D eigenvalue weighted by atomic mass is 16.6. The van der Waals surface area contributed by atoms with Crippen LogP contribution in [0.5, 0.6) is 0 Å². The van der Waals surface area contributed by atoms with Crippen LogP contribution < -0.4 is 0 Å². The van der Waals surface area contributed by atoms with Crippen LogP contribution in [0.4, 0.5) is 5.69 Å². The maximum Gasteiger partial charge on any atom is 0.306 e. The summed E-state index contributed by atoms with van der Waals surface area (Å²) in [5.41, 5.74) is 0.480. The molecule has 0 bridgehead atoms. The number of nitro groups is 1. The van der Waals surface area contributed by atoms with Crippen molar-refractivity contribution in [2.24, 2.45) is 5.92 Å². The van der Waals surface area contributed by atoms with Crippen molar-refractivity contribution in [3.8, 4) is 0 Å². The fourth-order valence-electron chi connectivity index (χ4n) is 1.79. The summed E-state index contributed by atoms with van der Waals surface area (Å²) in [7, 11) is 0. The van der Waals surface area contributed by atoms with Crippen LogP contribution in [0.25, 0.3) is 0 Å². The van der Waals surface area contributed by atoms with Crippen molar-refractivity contribution in [2.75, 3.05) is 0 Å². The zero-order valence-corrected chi connectivity index (χ0v) is 9.63. The highest BCUT2D eigenvalue weighted by Crippen LogP contribution is 2.23. The fraction of sp³-hybridized carbons (Fsp3) is 0.417. The molecule has 5 heteroatoms. The smallest absolute Gasteiger partial charge is 0.306 e. The summed E-state index contributed by atoms with van der Waals surface area (Å²) in [4.78, 5) is 21.3. The third-order valence-electron chi connectivity index (χ3n) is 2.64. The van der Waals surface area contributed by atoms with E-state index in [9.17, 15) is 14.9 Å². The van der Waals surface area contributed by atoms with E-state index in [2.05, 4.69) is 0 Å². The van der Waals surface area contributed by atoms with E-state index >= 15 is 0 Å². The lowest BCUT2D eigenvalue weighted by Gasteiger charge is -2.11. The summed E-state index contributed by atoms with van der Waals surface area (Å²) < 4.78 is 0. The van der Waals surface area contributed by atoms with Gasteiger partial charge in [-0.05, 0) is 12.8 Å². The third-order valence-corrected chi connectivity index (χ3v) is 2.64. The molecule has 1 aromatic carbocycles. The minimum Gasteiger partial charge on any atom is -0.481 e. The molecule has 1 aromatic rings. The summed E-state index contributed by atoms with van der Waals surface area (Å²) in [5.74, 6) is -1.45. The van der Waals surface area contributed by atoms with Crippen LogP contribution in [-0.4, -0.2) is 16.0 Å². The number of nitrogens with zero attached hydrogens (tertiary/aromatic N) is 1. The van der Waals surface area contributed by atoms with Gasteiger partial charge >= 0.3 is 5.97 Å². The molecule has 0 aromatic heterocycles. The lowest BCUT2D eigenvalue weighted by atomic mass is 9.94. The average molecular weight is 237 g/mol. The van der Waals surface area contributed by atoms with Gasteiger partial charge in [-0.15, -0.1) is 0 Å². The van der Waals surface area contributed by atoms with Crippen molar-refractivity contribution in [2.45, 2.75) is 26.2 Å². The lowest BCUT2D eigenvalue weighted by Crippen LogP contribution is -2.16. The van der Waals surface area contributed by atoms with Gasteiger partial charge in [0.25, 0.3) is 5.69 Å². The monoisotopic (exact) mass is 237 g/mol. The van der Waals surface area contributed by atoms with Gasteiger partial charge in [-0.25, -0.2) is 0 Å². The summed E-state index contributed by atoms with van der Waals surface area (Å²) >= 11 is 0. The van der Waals surface area contributed by atoms with E-state index in [0.717, 1.165) is 6.42 Å². The van der Waals surface area contributed by atoms with Gasteiger partial charge in [0.1, 0.15) is 0 Å². The molecule has 0 saturated carbocycles.